The first-order chi connectivity index (χ1) is 5.27. The summed E-state index contributed by atoms with van der Waals surface area (Å²) < 4.78 is 4.52. The van der Waals surface area contributed by atoms with Crippen LogP contribution in [0.4, 0.5) is 0 Å². The molecule has 1 rings (SSSR count). The van der Waals surface area contributed by atoms with Gasteiger partial charge in [0.1, 0.15) is 0 Å². The lowest BCUT2D eigenvalue weighted by Gasteiger charge is -2.05. The van der Waals surface area contributed by atoms with E-state index >= 15 is 0 Å². The molecule has 0 N–H and O–H groups in total. The number of esters is 1. The molecule has 5 nitrogen and oxygen atoms in total. The first-order valence-electron chi connectivity index (χ1n) is 3.44. The Hall–Kier alpha value is -1.13. The van der Waals surface area contributed by atoms with Crippen LogP contribution >= 0.6 is 0 Å². The lowest BCUT2D eigenvalue weighted by molar-refractivity contribution is -0.144. The summed E-state index contributed by atoms with van der Waals surface area (Å²) in [6.45, 7) is 0.958. The van der Waals surface area contributed by atoms with Crippen molar-refractivity contribution in [3.8, 4) is 0 Å². The Morgan fingerprint density at radius 3 is 2.91 bits per heavy atom. The van der Waals surface area contributed by atoms with E-state index in [-0.39, 0.29) is 11.9 Å². The van der Waals surface area contributed by atoms with Crippen molar-refractivity contribution >= 4 is 5.97 Å². The first-order valence-corrected chi connectivity index (χ1v) is 3.44. The Balaban J connectivity index is 2.41. The summed E-state index contributed by atoms with van der Waals surface area (Å²) >= 11 is 0. The van der Waals surface area contributed by atoms with Gasteiger partial charge in [0.25, 0.3) is 0 Å². The van der Waals surface area contributed by atoms with Gasteiger partial charge >= 0.3 is 5.97 Å². The molecule has 0 aromatic rings. The second-order valence-electron chi connectivity index (χ2n) is 2.50. The van der Waals surface area contributed by atoms with Gasteiger partial charge in [-0.05, 0) is 6.42 Å². The molecular formula is C6H10N2O3. The highest BCUT2D eigenvalue weighted by Gasteiger charge is 2.28. The highest BCUT2D eigenvalue weighted by atomic mass is 16.5. The summed E-state index contributed by atoms with van der Waals surface area (Å²) in [4.78, 5) is 20.9. The van der Waals surface area contributed by atoms with Crippen molar-refractivity contribution < 1.29 is 9.53 Å². The fourth-order valence-corrected chi connectivity index (χ4v) is 1.18. The van der Waals surface area contributed by atoms with Crippen LogP contribution in [0.25, 0.3) is 0 Å². The molecule has 1 aliphatic heterocycles. The van der Waals surface area contributed by atoms with E-state index in [0.717, 1.165) is 0 Å². The summed E-state index contributed by atoms with van der Waals surface area (Å²) in [6.07, 6.45) is 0.665. The minimum absolute atomic E-state index is 0.169. The van der Waals surface area contributed by atoms with Gasteiger partial charge in [0.2, 0.25) is 0 Å². The Morgan fingerprint density at radius 1 is 1.73 bits per heavy atom. The van der Waals surface area contributed by atoms with E-state index in [1.807, 2.05) is 0 Å². The third-order valence-electron chi connectivity index (χ3n) is 1.82. The zero-order valence-corrected chi connectivity index (χ0v) is 6.32. The zero-order valence-electron chi connectivity index (χ0n) is 6.32. The van der Waals surface area contributed by atoms with Crippen LogP contribution < -0.4 is 0 Å². The summed E-state index contributed by atoms with van der Waals surface area (Å²) in [5.41, 5.74) is 0. The van der Waals surface area contributed by atoms with Crippen molar-refractivity contribution in [3.05, 3.63) is 4.91 Å². The third-order valence-corrected chi connectivity index (χ3v) is 1.82. The number of ether oxygens (including phenoxy) is 1. The molecule has 0 spiro atoms. The number of rotatable bonds is 2. The molecule has 5 heteroatoms. The van der Waals surface area contributed by atoms with E-state index < -0.39 is 0 Å². The van der Waals surface area contributed by atoms with Gasteiger partial charge in [-0.15, -0.1) is 4.91 Å². The molecule has 1 fully saturated rings. The van der Waals surface area contributed by atoms with Crippen LogP contribution in [0.3, 0.4) is 0 Å². The molecule has 1 atom stereocenters. The monoisotopic (exact) mass is 158 g/mol. The van der Waals surface area contributed by atoms with E-state index in [0.29, 0.717) is 19.5 Å². The van der Waals surface area contributed by atoms with Crippen molar-refractivity contribution in [2.45, 2.75) is 6.42 Å². The van der Waals surface area contributed by atoms with E-state index in [4.69, 9.17) is 0 Å². The number of nitrogens with zero attached hydrogens (tertiary/aromatic N) is 2. The van der Waals surface area contributed by atoms with Crippen LogP contribution in [0.5, 0.6) is 0 Å². The molecule has 0 bridgehead atoms. The Labute approximate surface area is 64.3 Å². The summed E-state index contributed by atoms with van der Waals surface area (Å²) in [5.74, 6) is -0.422. The van der Waals surface area contributed by atoms with Crippen LogP contribution in [0.2, 0.25) is 0 Å². The third kappa shape index (κ3) is 1.66. The molecule has 1 heterocycles. The van der Waals surface area contributed by atoms with Crippen molar-refractivity contribution in [1.29, 1.82) is 0 Å². The number of hydrogen-bond donors (Lipinski definition) is 0. The highest BCUT2D eigenvalue weighted by Crippen LogP contribution is 2.16. The second kappa shape index (κ2) is 3.32. The number of carbonyl (C=O) groups is 1. The first kappa shape index (κ1) is 7.97. The smallest absolute Gasteiger partial charge is 0.310 e. The topological polar surface area (TPSA) is 59.0 Å². The number of carbonyl (C=O) groups excluding carboxylic acids is 1. The Kier molecular flexibility index (Phi) is 2.40. The minimum atomic E-state index is -0.254. The van der Waals surface area contributed by atoms with Crippen molar-refractivity contribution in [2.24, 2.45) is 11.2 Å². The number of methoxy groups -OCH3 is 1. The fourth-order valence-electron chi connectivity index (χ4n) is 1.18. The molecule has 1 saturated heterocycles. The van der Waals surface area contributed by atoms with Gasteiger partial charge in [0.05, 0.1) is 24.9 Å². The van der Waals surface area contributed by atoms with Crippen molar-refractivity contribution in [3.63, 3.8) is 0 Å². The van der Waals surface area contributed by atoms with Gasteiger partial charge in [-0.25, -0.2) is 0 Å². The average molecular weight is 158 g/mol. The van der Waals surface area contributed by atoms with Crippen LogP contribution in [-0.4, -0.2) is 31.2 Å². The molecule has 0 aliphatic carbocycles. The average Bonchev–Trinajstić information content (AvgIpc) is 2.50. The summed E-state index contributed by atoms with van der Waals surface area (Å²) in [5, 5.41) is 4.06. The molecule has 0 aromatic heterocycles. The van der Waals surface area contributed by atoms with Gasteiger partial charge in [0.15, 0.2) is 0 Å². The van der Waals surface area contributed by atoms with Gasteiger partial charge in [-0.1, -0.05) is 0 Å². The molecule has 0 saturated carbocycles. The molecule has 62 valence electrons. The lowest BCUT2D eigenvalue weighted by atomic mass is 10.1. The predicted molar refractivity (Wildman–Crippen MR) is 37.5 cm³/mol. The molecule has 0 radical (unpaired) electrons. The maximum atomic E-state index is 10.9. The van der Waals surface area contributed by atoms with Gasteiger partial charge in [-0.2, -0.15) is 0 Å². The van der Waals surface area contributed by atoms with E-state index in [1.165, 1.54) is 12.1 Å². The molecule has 11 heavy (non-hydrogen) atoms. The summed E-state index contributed by atoms with van der Waals surface area (Å²) in [6, 6.07) is 0. The quantitative estimate of drug-likeness (QED) is 0.424. The number of hydrogen-bond acceptors (Lipinski definition) is 4. The van der Waals surface area contributed by atoms with Crippen LogP contribution in [-0.2, 0) is 9.53 Å². The maximum absolute atomic E-state index is 10.9. The van der Waals surface area contributed by atoms with E-state index in [2.05, 4.69) is 10.0 Å². The van der Waals surface area contributed by atoms with Gasteiger partial charge in [-0.3, -0.25) is 9.80 Å². The molecule has 0 aromatic carbocycles. The molecule has 0 amide bonds. The predicted octanol–water partition coefficient (Wildman–Crippen LogP) is 0.163. The van der Waals surface area contributed by atoms with E-state index in [9.17, 15) is 9.70 Å². The van der Waals surface area contributed by atoms with Crippen LogP contribution in [0.1, 0.15) is 6.42 Å². The fraction of sp³-hybridized carbons (Fsp3) is 0.833. The zero-order chi connectivity index (χ0) is 8.27. The Bertz CT molecular complexity index is 171. The molecular weight excluding hydrogens is 148 g/mol. The SMILES string of the molecule is COC(=O)C1CCN(N=O)C1. The lowest BCUT2D eigenvalue weighted by Crippen LogP contribution is -2.19. The van der Waals surface area contributed by atoms with Crippen LogP contribution in [0.15, 0.2) is 5.29 Å². The van der Waals surface area contributed by atoms with E-state index in [1.54, 1.807) is 0 Å². The van der Waals surface area contributed by atoms with Gasteiger partial charge < -0.3 is 4.74 Å². The van der Waals surface area contributed by atoms with Crippen LogP contribution in [0, 0.1) is 10.8 Å². The molecule has 1 aliphatic rings. The molecule has 1 unspecified atom stereocenters. The largest absolute Gasteiger partial charge is 0.469 e. The van der Waals surface area contributed by atoms with Gasteiger partial charge in [0, 0.05) is 6.54 Å². The number of nitroso groups, excluding NO2 is 1. The van der Waals surface area contributed by atoms with Crippen molar-refractivity contribution in [2.75, 3.05) is 20.2 Å². The maximum Gasteiger partial charge on any atom is 0.310 e. The minimum Gasteiger partial charge on any atom is -0.469 e. The Morgan fingerprint density at radius 2 is 2.45 bits per heavy atom. The second-order valence-corrected chi connectivity index (χ2v) is 2.50. The van der Waals surface area contributed by atoms with Crippen molar-refractivity contribution in [1.82, 2.24) is 5.01 Å². The highest BCUT2D eigenvalue weighted by molar-refractivity contribution is 5.72. The standard InChI is InChI=1S/C6H10N2O3/c1-11-6(9)5-2-3-8(4-5)7-10/h5H,2-4H2,1H3. The summed E-state index contributed by atoms with van der Waals surface area (Å²) in [7, 11) is 1.35. The normalized spacial score (nSPS) is 23.4.